The second-order valence-electron chi connectivity index (χ2n) is 6.42. The number of fused-ring (bicyclic) bond motifs is 1. The Morgan fingerprint density at radius 2 is 1.89 bits per heavy atom. The minimum absolute atomic E-state index is 0.0401. The zero-order valence-electron chi connectivity index (χ0n) is 14.9. The van der Waals surface area contributed by atoms with Gasteiger partial charge in [-0.2, -0.15) is 0 Å². The molecule has 0 bridgehead atoms. The maximum atomic E-state index is 12.9. The molecular formula is C21H17ClFN3OS. The zero-order valence-corrected chi connectivity index (χ0v) is 16.4. The molecule has 0 saturated carbocycles. The average molecular weight is 414 g/mol. The molecule has 4 nitrogen and oxygen atoms in total. The zero-order chi connectivity index (χ0) is 19.5. The van der Waals surface area contributed by atoms with Gasteiger partial charge >= 0.3 is 0 Å². The summed E-state index contributed by atoms with van der Waals surface area (Å²) in [5.41, 5.74) is 3.80. The Morgan fingerprint density at radius 1 is 1.14 bits per heavy atom. The van der Waals surface area contributed by atoms with Crippen molar-refractivity contribution in [3.8, 4) is 11.3 Å². The number of carbonyl (C=O) groups is 1. The van der Waals surface area contributed by atoms with E-state index < -0.39 is 0 Å². The first kappa shape index (κ1) is 18.7. The van der Waals surface area contributed by atoms with E-state index in [0.717, 1.165) is 27.5 Å². The lowest BCUT2D eigenvalue weighted by atomic mass is 10.2. The first-order valence-corrected chi connectivity index (χ1v) is 10.1. The fraction of sp³-hybridized carbons (Fsp3) is 0.143. The number of aryl methyl sites for hydroxylation is 1. The Labute approximate surface area is 170 Å². The molecule has 2 heterocycles. The van der Waals surface area contributed by atoms with Crippen molar-refractivity contribution >= 4 is 33.8 Å². The number of aromatic nitrogens is 2. The van der Waals surface area contributed by atoms with Gasteiger partial charge in [0, 0.05) is 40.8 Å². The number of benzene rings is 2. The van der Waals surface area contributed by atoms with Crippen LogP contribution in [0.5, 0.6) is 0 Å². The predicted molar refractivity (Wildman–Crippen MR) is 110 cm³/mol. The van der Waals surface area contributed by atoms with Crippen LogP contribution in [0.1, 0.15) is 17.7 Å². The molecule has 4 rings (SSSR count). The lowest BCUT2D eigenvalue weighted by molar-refractivity contribution is -0.121. The molecule has 7 heteroatoms. The Kier molecular flexibility index (Phi) is 5.41. The van der Waals surface area contributed by atoms with Gasteiger partial charge in [-0.15, -0.1) is 11.3 Å². The van der Waals surface area contributed by atoms with Crippen molar-refractivity contribution in [2.45, 2.75) is 19.4 Å². The number of hydrogen-bond acceptors (Lipinski definition) is 3. The van der Waals surface area contributed by atoms with Crippen LogP contribution < -0.4 is 5.32 Å². The van der Waals surface area contributed by atoms with Crippen molar-refractivity contribution in [2.24, 2.45) is 0 Å². The van der Waals surface area contributed by atoms with E-state index in [4.69, 9.17) is 11.6 Å². The fourth-order valence-electron chi connectivity index (χ4n) is 2.90. The Balaban J connectivity index is 1.38. The average Bonchev–Trinajstić information content (AvgIpc) is 3.27. The van der Waals surface area contributed by atoms with Crippen LogP contribution in [0.2, 0.25) is 5.02 Å². The largest absolute Gasteiger partial charge is 0.352 e. The van der Waals surface area contributed by atoms with Crippen molar-refractivity contribution in [2.75, 3.05) is 0 Å². The molecule has 2 aromatic carbocycles. The lowest BCUT2D eigenvalue weighted by Gasteiger charge is -2.05. The Hall–Kier alpha value is -2.70. The van der Waals surface area contributed by atoms with E-state index in [1.807, 2.05) is 40.2 Å². The summed E-state index contributed by atoms with van der Waals surface area (Å²) < 4.78 is 14.9. The highest BCUT2D eigenvalue weighted by Gasteiger charge is 2.11. The number of hydrogen-bond donors (Lipinski definition) is 1. The molecule has 0 aliphatic rings. The highest BCUT2D eigenvalue weighted by molar-refractivity contribution is 7.15. The number of thiazole rings is 1. The van der Waals surface area contributed by atoms with Crippen LogP contribution in [0.15, 0.2) is 60.1 Å². The van der Waals surface area contributed by atoms with Gasteiger partial charge in [-0.1, -0.05) is 35.9 Å². The molecule has 0 atom stereocenters. The van der Waals surface area contributed by atoms with Gasteiger partial charge in [0.25, 0.3) is 0 Å². The lowest BCUT2D eigenvalue weighted by Crippen LogP contribution is -2.23. The molecule has 4 aromatic rings. The summed E-state index contributed by atoms with van der Waals surface area (Å²) in [5, 5.41) is 5.59. The van der Waals surface area contributed by atoms with Crippen LogP contribution in [0.25, 0.3) is 16.2 Å². The highest BCUT2D eigenvalue weighted by Crippen LogP contribution is 2.25. The number of halogens is 2. The van der Waals surface area contributed by atoms with Crippen LogP contribution in [-0.4, -0.2) is 15.3 Å². The van der Waals surface area contributed by atoms with Gasteiger partial charge in [0.05, 0.1) is 5.69 Å². The van der Waals surface area contributed by atoms with Crippen LogP contribution in [-0.2, 0) is 17.8 Å². The third-order valence-corrected chi connectivity index (χ3v) is 5.58. The van der Waals surface area contributed by atoms with Crippen LogP contribution in [0, 0.1) is 5.82 Å². The summed E-state index contributed by atoms with van der Waals surface area (Å²) in [6.45, 7) is 0.393. The molecular weight excluding hydrogens is 397 g/mol. The molecule has 0 radical (unpaired) electrons. The highest BCUT2D eigenvalue weighted by atomic mass is 35.5. The SMILES string of the molecule is O=C(CCc1csc2nc(-c3ccc(Cl)cc3)cn12)NCc1ccc(F)cc1. The molecule has 142 valence electrons. The molecule has 0 aliphatic carbocycles. The molecule has 1 amide bonds. The number of nitrogens with zero attached hydrogens (tertiary/aromatic N) is 2. The van der Waals surface area contributed by atoms with Gasteiger partial charge in [-0.3, -0.25) is 9.20 Å². The Morgan fingerprint density at radius 3 is 2.64 bits per heavy atom. The third-order valence-electron chi connectivity index (χ3n) is 4.43. The standard InChI is InChI=1S/C21H17ClFN3OS/c22-16-5-3-15(4-6-16)19-12-26-18(13-28-21(26)25-19)9-10-20(27)24-11-14-1-7-17(23)8-2-14/h1-8,12-13H,9-11H2,(H,24,27). The molecule has 0 fully saturated rings. The van der Waals surface area contributed by atoms with Crippen LogP contribution >= 0.6 is 22.9 Å². The maximum absolute atomic E-state index is 12.9. The summed E-state index contributed by atoms with van der Waals surface area (Å²) in [5.74, 6) is -0.323. The smallest absolute Gasteiger partial charge is 0.220 e. The quantitative estimate of drug-likeness (QED) is 0.477. The fourth-order valence-corrected chi connectivity index (χ4v) is 3.94. The van der Waals surface area contributed by atoms with Gasteiger partial charge in [-0.25, -0.2) is 9.37 Å². The van der Waals surface area contributed by atoms with Gasteiger partial charge in [0.2, 0.25) is 5.91 Å². The first-order valence-electron chi connectivity index (χ1n) is 8.81. The molecule has 28 heavy (non-hydrogen) atoms. The topological polar surface area (TPSA) is 46.4 Å². The van der Waals surface area contributed by atoms with E-state index in [1.165, 1.54) is 12.1 Å². The molecule has 0 saturated heterocycles. The van der Waals surface area contributed by atoms with Crippen LogP contribution in [0.3, 0.4) is 0 Å². The number of rotatable bonds is 6. The van der Waals surface area contributed by atoms with E-state index in [0.29, 0.717) is 24.4 Å². The normalized spacial score (nSPS) is 11.1. The monoisotopic (exact) mass is 413 g/mol. The Bertz CT molecular complexity index is 1100. The molecule has 0 spiro atoms. The van der Waals surface area contributed by atoms with Crippen molar-refractivity contribution in [3.63, 3.8) is 0 Å². The summed E-state index contributed by atoms with van der Waals surface area (Å²) >= 11 is 7.50. The number of imidazole rings is 1. The van der Waals surface area contributed by atoms with Crippen molar-refractivity contribution in [1.82, 2.24) is 14.7 Å². The second kappa shape index (κ2) is 8.12. The molecule has 0 aliphatic heterocycles. The van der Waals surface area contributed by atoms with E-state index in [2.05, 4.69) is 10.3 Å². The van der Waals surface area contributed by atoms with Crippen LogP contribution in [0.4, 0.5) is 4.39 Å². The summed E-state index contributed by atoms with van der Waals surface area (Å²) in [4.78, 5) is 17.7. The van der Waals surface area contributed by atoms with Gasteiger partial charge in [-0.05, 0) is 36.2 Å². The molecule has 0 unspecified atom stereocenters. The number of amides is 1. The summed E-state index contributed by atoms with van der Waals surface area (Å²) in [7, 11) is 0. The molecule has 2 aromatic heterocycles. The van der Waals surface area contributed by atoms with Crippen molar-refractivity contribution in [3.05, 3.63) is 82.2 Å². The van der Waals surface area contributed by atoms with Gasteiger partial charge in [0.15, 0.2) is 4.96 Å². The minimum atomic E-state index is -0.283. The van der Waals surface area contributed by atoms with E-state index in [9.17, 15) is 9.18 Å². The van der Waals surface area contributed by atoms with Gasteiger partial charge in [0.1, 0.15) is 5.82 Å². The third kappa shape index (κ3) is 4.24. The molecule has 1 N–H and O–H groups in total. The van der Waals surface area contributed by atoms with E-state index >= 15 is 0 Å². The second-order valence-corrected chi connectivity index (χ2v) is 7.69. The van der Waals surface area contributed by atoms with E-state index in [1.54, 1.807) is 23.5 Å². The minimum Gasteiger partial charge on any atom is -0.352 e. The van der Waals surface area contributed by atoms with Gasteiger partial charge < -0.3 is 5.32 Å². The van der Waals surface area contributed by atoms with Crippen molar-refractivity contribution in [1.29, 1.82) is 0 Å². The maximum Gasteiger partial charge on any atom is 0.220 e. The summed E-state index contributed by atoms with van der Waals surface area (Å²) in [6.07, 6.45) is 2.98. The number of nitrogens with one attached hydrogen (secondary N) is 1. The van der Waals surface area contributed by atoms with E-state index in [-0.39, 0.29) is 11.7 Å². The first-order chi connectivity index (χ1) is 13.6. The predicted octanol–water partition coefficient (Wildman–Crippen LogP) is 5.10. The summed E-state index contributed by atoms with van der Waals surface area (Å²) in [6, 6.07) is 13.7. The number of carbonyl (C=O) groups excluding carboxylic acids is 1. The van der Waals surface area contributed by atoms with Crippen molar-refractivity contribution < 1.29 is 9.18 Å².